The molecule has 2 N–H and O–H groups in total. The van der Waals surface area contributed by atoms with Gasteiger partial charge in [-0.25, -0.2) is 0 Å². The largest absolute Gasteiger partial charge is 0.457 e. The first-order chi connectivity index (χ1) is 9.76. The fraction of sp³-hybridized carbons (Fsp3) is 0.294. The Morgan fingerprint density at radius 2 is 1.25 bits per heavy atom. The van der Waals surface area contributed by atoms with Crippen LogP contribution in [0.25, 0.3) is 0 Å². The molecule has 0 unspecified atom stereocenters. The van der Waals surface area contributed by atoms with Crippen LogP contribution < -0.4 is 4.74 Å². The van der Waals surface area contributed by atoms with Crippen molar-refractivity contribution in [2.45, 2.75) is 19.8 Å². The number of aryl methyl sites for hydroxylation is 1. The van der Waals surface area contributed by atoms with Crippen LogP contribution in [0.3, 0.4) is 0 Å². The Labute approximate surface area is 120 Å². The number of ether oxygens (including phenoxy) is 1. The normalized spacial score (nSPS) is 9.55. The highest BCUT2D eigenvalue weighted by Gasteiger charge is 1.94. The minimum atomic E-state index is 0.195. The highest BCUT2D eigenvalue weighted by atomic mass is 16.5. The lowest BCUT2D eigenvalue weighted by atomic mass is 10.2. The van der Waals surface area contributed by atoms with Crippen LogP contribution in [0, 0.1) is 6.92 Å². The molecule has 0 heterocycles. The summed E-state index contributed by atoms with van der Waals surface area (Å²) in [5.41, 5.74) is 1.24. The van der Waals surface area contributed by atoms with Crippen LogP contribution in [0.1, 0.15) is 18.4 Å². The highest BCUT2D eigenvalue weighted by molar-refractivity contribution is 5.32. The van der Waals surface area contributed by atoms with Gasteiger partial charge in [0.25, 0.3) is 0 Å². The topological polar surface area (TPSA) is 49.7 Å². The molecule has 2 aromatic carbocycles. The van der Waals surface area contributed by atoms with Crippen LogP contribution in [0.15, 0.2) is 54.6 Å². The summed E-state index contributed by atoms with van der Waals surface area (Å²) in [4.78, 5) is 0. The van der Waals surface area contributed by atoms with Crippen molar-refractivity contribution in [1.29, 1.82) is 0 Å². The Hall–Kier alpha value is -1.84. The minimum Gasteiger partial charge on any atom is -0.457 e. The molecule has 0 radical (unpaired) electrons. The number of aliphatic hydroxyl groups excluding tert-OH is 2. The summed E-state index contributed by atoms with van der Waals surface area (Å²) in [5, 5.41) is 16.2. The molecule has 0 aliphatic rings. The minimum absolute atomic E-state index is 0.195. The van der Waals surface area contributed by atoms with Crippen molar-refractivity contribution < 1.29 is 14.9 Å². The van der Waals surface area contributed by atoms with Crippen LogP contribution in [0.2, 0.25) is 0 Å². The molecule has 0 saturated heterocycles. The second-order valence-electron chi connectivity index (χ2n) is 4.38. The van der Waals surface area contributed by atoms with Gasteiger partial charge in [0.2, 0.25) is 0 Å². The summed E-state index contributed by atoms with van der Waals surface area (Å²) in [7, 11) is 0. The van der Waals surface area contributed by atoms with E-state index in [1.54, 1.807) is 0 Å². The number of benzene rings is 2. The fourth-order valence-corrected chi connectivity index (χ4v) is 1.45. The lowest BCUT2D eigenvalue weighted by Crippen LogP contribution is -1.85. The maximum absolute atomic E-state index is 8.09. The summed E-state index contributed by atoms with van der Waals surface area (Å²) in [6.07, 6.45) is 1.44. The molecule has 0 spiro atoms. The third kappa shape index (κ3) is 6.92. The Bertz CT molecular complexity index is 447. The number of aliphatic hydroxyl groups is 2. The molecule has 108 valence electrons. The van der Waals surface area contributed by atoms with E-state index in [-0.39, 0.29) is 13.2 Å². The Balaban J connectivity index is 0.000000286. The van der Waals surface area contributed by atoms with Crippen LogP contribution in [-0.4, -0.2) is 23.4 Å². The molecule has 20 heavy (non-hydrogen) atoms. The second-order valence-corrected chi connectivity index (χ2v) is 4.38. The van der Waals surface area contributed by atoms with Gasteiger partial charge in [-0.05, 0) is 44.0 Å². The SMILES string of the molecule is Cc1ccc(Oc2ccccc2)cc1.OCCCCO. The molecule has 0 amide bonds. The quantitative estimate of drug-likeness (QED) is 0.820. The van der Waals surface area contributed by atoms with Crippen LogP contribution in [-0.2, 0) is 0 Å². The molecular weight excluding hydrogens is 252 g/mol. The number of rotatable bonds is 5. The maximum Gasteiger partial charge on any atom is 0.127 e. The predicted molar refractivity (Wildman–Crippen MR) is 81.1 cm³/mol. The van der Waals surface area contributed by atoms with Gasteiger partial charge >= 0.3 is 0 Å². The summed E-state index contributed by atoms with van der Waals surface area (Å²) in [6.45, 7) is 2.45. The van der Waals surface area contributed by atoms with Gasteiger partial charge in [0.15, 0.2) is 0 Å². The van der Waals surface area contributed by atoms with Gasteiger partial charge in [-0.2, -0.15) is 0 Å². The average molecular weight is 274 g/mol. The van der Waals surface area contributed by atoms with Crippen molar-refractivity contribution in [3.8, 4) is 11.5 Å². The molecular formula is C17H22O3. The third-order valence-electron chi connectivity index (χ3n) is 2.57. The molecule has 0 fully saturated rings. The van der Waals surface area contributed by atoms with Crippen LogP contribution in [0.5, 0.6) is 11.5 Å². The first-order valence-corrected chi connectivity index (χ1v) is 6.77. The molecule has 0 aliphatic carbocycles. The van der Waals surface area contributed by atoms with Crippen molar-refractivity contribution in [3.05, 3.63) is 60.2 Å². The van der Waals surface area contributed by atoms with Crippen molar-refractivity contribution >= 4 is 0 Å². The van der Waals surface area contributed by atoms with Gasteiger partial charge in [-0.1, -0.05) is 35.9 Å². The van der Waals surface area contributed by atoms with E-state index in [4.69, 9.17) is 14.9 Å². The van der Waals surface area contributed by atoms with Gasteiger partial charge in [-0.3, -0.25) is 0 Å². The monoisotopic (exact) mass is 274 g/mol. The number of hydrogen-bond acceptors (Lipinski definition) is 3. The predicted octanol–water partition coefficient (Wildman–Crippen LogP) is 3.54. The summed E-state index contributed by atoms with van der Waals surface area (Å²) in [6, 6.07) is 17.8. The molecule has 0 aliphatic heterocycles. The van der Waals surface area contributed by atoms with Crippen LogP contribution in [0.4, 0.5) is 0 Å². The molecule has 2 aromatic rings. The van der Waals surface area contributed by atoms with E-state index in [1.165, 1.54) is 5.56 Å². The molecule has 0 saturated carbocycles. The zero-order chi connectivity index (χ0) is 14.6. The third-order valence-corrected chi connectivity index (χ3v) is 2.57. The Morgan fingerprint density at radius 3 is 1.75 bits per heavy atom. The average Bonchev–Trinajstić information content (AvgIpc) is 2.49. The van der Waals surface area contributed by atoms with Gasteiger partial charge in [-0.15, -0.1) is 0 Å². The second kappa shape index (κ2) is 10.0. The van der Waals surface area contributed by atoms with Crippen molar-refractivity contribution in [1.82, 2.24) is 0 Å². The highest BCUT2D eigenvalue weighted by Crippen LogP contribution is 2.20. The summed E-state index contributed by atoms with van der Waals surface area (Å²) in [5.74, 6) is 1.75. The van der Waals surface area contributed by atoms with E-state index < -0.39 is 0 Å². The van der Waals surface area contributed by atoms with Crippen molar-refractivity contribution in [2.24, 2.45) is 0 Å². The molecule has 0 bridgehead atoms. The van der Waals surface area contributed by atoms with E-state index in [0.29, 0.717) is 0 Å². The number of hydrogen-bond donors (Lipinski definition) is 2. The molecule has 0 atom stereocenters. The number of unbranched alkanes of at least 4 members (excludes halogenated alkanes) is 1. The standard InChI is InChI=1S/C13H12O.C4H10O2/c1-11-7-9-13(10-8-11)14-12-5-3-2-4-6-12;5-3-1-2-4-6/h2-10H,1H3;5-6H,1-4H2. The smallest absolute Gasteiger partial charge is 0.127 e. The lowest BCUT2D eigenvalue weighted by Gasteiger charge is -2.04. The lowest BCUT2D eigenvalue weighted by molar-refractivity contribution is 0.242. The van der Waals surface area contributed by atoms with Crippen LogP contribution >= 0.6 is 0 Å². The molecule has 2 rings (SSSR count). The number of para-hydroxylation sites is 1. The summed E-state index contributed by atoms with van der Waals surface area (Å²) >= 11 is 0. The van der Waals surface area contributed by atoms with Gasteiger partial charge in [0.05, 0.1) is 0 Å². The first kappa shape index (κ1) is 16.2. The van der Waals surface area contributed by atoms with E-state index in [0.717, 1.165) is 24.3 Å². The Kier molecular flexibility index (Phi) is 8.11. The van der Waals surface area contributed by atoms with E-state index in [1.807, 2.05) is 54.6 Å². The summed E-state index contributed by atoms with van der Waals surface area (Å²) < 4.78 is 5.63. The zero-order valence-corrected chi connectivity index (χ0v) is 11.8. The molecule has 3 nitrogen and oxygen atoms in total. The van der Waals surface area contributed by atoms with Gasteiger partial charge in [0.1, 0.15) is 11.5 Å². The molecule has 3 heteroatoms. The maximum atomic E-state index is 8.09. The Morgan fingerprint density at radius 1 is 0.750 bits per heavy atom. The van der Waals surface area contributed by atoms with Crippen molar-refractivity contribution in [2.75, 3.05) is 13.2 Å². The van der Waals surface area contributed by atoms with Gasteiger partial charge < -0.3 is 14.9 Å². The zero-order valence-electron chi connectivity index (χ0n) is 11.8. The van der Waals surface area contributed by atoms with Crippen molar-refractivity contribution in [3.63, 3.8) is 0 Å². The van der Waals surface area contributed by atoms with Gasteiger partial charge in [0, 0.05) is 13.2 Å². The first-order valence-electron chi connectivity index (χ1n) is 6.77. The molecule has 0 aromatic heterocycles. The fourth-order valence-electron chi connectivity index (χ4n) is 1.45. The van der Waals surface area contributed by atoms with E-state index in [9.17, 15) is 0 Å². The van der Waals surface area contributed by atoms with E-state index in [2.05, 4.69) is 6.92 Å². The van der Waals surface area contributed by atoms with E-state index >= 15 is 0 Å².